The number of rotatable bonds is 3. The summed E-state index contributed by atoms with van der Waals surface area (Å²) in [6.45, 7) is 8.65. The third-order valence-corrected chi connectivity index (χ3v) is 12.2. The molecule has 0 spiro atoms. The van der Waals surface area contributed by atoms with E-state index in [9.17, 15) is 38.7 Å². The molecule has 4 aromatic rings. The van der Waals surface area contributed by atoms with Crippen LogP contribution in [0.25, 0.3) is 5.76 Å². The fourth-order valence-corrected chi connectivity index (χ4v) is 9.01. The molecule has 0 saturated heterocycles. The van der Waals surface area contributed by atoms with Gasteiger partial charge in [-0.2, -0.15) is 0 Å². The van der Waals surface area contributed by atoms with Gasteiger partial charge in [0.15, 0.2) is 46.1 Å². The molecule has 0 bridgehead atoms. The molecule has 0 saturated carbocycles. The minimum atomic E-state index is -0.698. The zero-order chi connectivity index (χ0) is 48.7. The van der Waals surface area contributed by atoms with Gasteiger partial charge in [0, 0.05) is 90.5 Å². The van der Waals surface area contributed by atoms with Crippen LogP contribution in [-0.2, 0) is 19.1 Å². The highest BCUT2D eigenvalue weighted by Crippen LogP contribution is 2.52. The van der Waals surface area contributed by atoms with Crippen LogP contribution in [0, 0.1) is 10.8 Å². The van der Waals surface area contributed by atoms with Crippen molar-refractivity contribution < 1.29 is 62.4 Å². The van der Waals surface area contributed by atoms with Gasteiger partial charge in [-0.3, -0.25) is 33.6 Å². The SMILES string of the molecule is CC1(C)CC(=O)C2=C(C1)OC1=C(C(=O)c3ccccc3C1=O)C2c1ccc2c(c1)OCO2.CN(C)C1=CC(=O)CC(C)(C)C1.O=C1C=C(O)c2ccccc2C1=O.O=Cc1ccc2c(c1)OCO2. The molecule has 14 nitrogen and oxygen atoms in total. The van der Waals surface area contributed by atoms with E-state index in [1.807, 2.05) is 38.9 Å². The Morgan fingerprint density at radius 2 is 1.16 bits per heavy atom. The number of ether oxygens (including phenoxy) is 5. The zero-order valence-electron chi connectivity index (χ0n) is 38.4. The van der Waals surface area contributed by atoms with Gasteiger partial charge in [-0.15, -0.1) is 0 Å². The fraction of sp³-hybridized carbons (Fsp3) is 0.278. The maximum Gasteiger partial charge on any atom is 0.233 e. The van der Waals surface area contributed by atoms with Gasteiger partial charge in [-0.25, -0.2) is 0 Å². The van der Waals surface area contributed by atoms with Crippen molar-refractivity contribution in [3.8, 4) is 23.0 Å². The van der Waals surface area contributed by atoms with Crippen molar-refractivity contribution in [3.05, 3.63) is 159 Å². The Kier molecular flexibility index (Phi) is 12.6. The molecule has 3 aliphatic heterocycles. The quantitative estimate of drug-likeness (QED) is 0.151. The summed E-state index contributed by atoms with van der Waals surface area (Å²) in [4.78, 5) is 86.3. The van der Waals surface area contributed by atoms with Crippen LogP contribution in [0.2, 0.25) is 0 Å². The number of ketones is 6. The van der Waals surface area contributed by atoms with Crippen molar-refractivity contribution in [1.82, 2.24) is 4.90 Å². The van der Waals surface area contributed by atoms with Crippen LogP contribution in [0.1, 0.15) is 112 Å². The van der Waals surface area contributed by atoms with Crippen LogP contribution in [0.4, 0.5) is 0 Å². The molecule has 4 aromatic carbocycles. The summed E-state index contributed by atoms with van der Waals surface area (Å²) in [6.07, 6.45) is 6.04. The molecule has 1 N–H and O–H groups in total. The summed E-state index contributed by atoms with van der Waals surface area (Å²) < 4.78 is 27.2. The van der Waals surface area contributed by atoms with Crippen molar-refractivity contribution in [3.63, 3.8) is 0 Å². The van der Waals surface area contributed by atoms with Crippen LogP contribution in [0.3, 0.4) is 0 Å². The van der Waals surface area contributed by atoms with Crippen molar-refractivity contribution in [1.29, 1.82) is 0 Å². The van der Waals surface area contributed by atoms with Crippen molar-refractivity contribution in [2.45, 2.75) is 59.3 Å². The standard InChI is InChI=1S/C26H20O6.C10H17NO.C10H6O3.C8H6O3/c1-26(2)10-16(27)21-19(11-26)32-25-22(23(28)14-5-3-4-6-15(14)24(25)29)20(21)13-7-8-17-18(9-13)31-12-30-17;1-10(2)6-8(11(3)4)5-9(12)7-10;11-8-5-9(12)10(13)7-4-2-1-3-6(7)8;9-4-6-1-2-7-8(3-6)11-5-10-7/h3-9,20H,10-12H2,1-2H3;5H,6-7H2,1-4H3;1-5,11H;1-4H,5H2. The van der Waals surface area contributed by atoms with Gasteiger partial charge in [-0.05, 0) is 53.1 Å². The van der Waals surface area contributed by atoms with Crippen LogP contribution >= 0.6 is 0 Å². The molecule has 0 aromatic heterocycles. The number of aliphatic hydroxyl groups excluding tert-OH is 1. The molecule has 68 heavy (non-hydrogen) atoms. The average Bonchev–Trinajstić information content (AvgIpc) is 3.98. The molecule has 0 radical (unpaired) electrons. The largest absolute Gasteiger partial charge is 0.507 e. The third kappa shape index (κ3) is 9.39. The van der Waals surface area contributed by atoms with Gasteiger partial charge < -0.3 is 33.7 Å². The van der Waals surface area contributed by atoms with Gasteiger partial charge in [0.25, 0.3) is 0 Å². The minimum Gasteiger partial charge on any atom is -0.507 e. The Balaban J connectivity index is 0.000000142. The molecule has 1 atom stereocenters. The van der Waals surface area contributed by atoms with E-state index in [-0.39, 0.29) is 70.2 Å². The summed E-state index contributed by atoms with van der Waals surface area (Å²) >= 11 is 0. The molecule has 0 amide bonds. The number of allylic oxidation sites excluding steroid dienone is 7. The lowest BCUT2D eigenvalue weighted by Gasteiger charge is -2.39. The number of carbonyl (C=O) groups excluding carboxylic acids is 7. The third-order valence-electron chi connectivity index (χ3n) is 12.2. The number of Topliss-reactive ketones (excluding diaryl/α,β-unsaturated/α-hetero) is 4. The first kappa shape index (κ1) is 46.7. The molecule has 14 heteroatoms. The van der Waals surface area contributed by atoms with Gasteiger partial charge in [0.2, 0.25) is 30.9 Å². The Hall–Kier alpha value is -7.87. The fourth-order valence-electron chi connectivity index (χ4n) is 9.01. The molecule has 3 heterocycles. The van der Waals surface area contributed by atoms with E-state index < -0.39 is 17.5 Å². The number of hydrogen-bond acceptors (Lipinski definition) is 14. The molecule has 1 unspecified atom stereocenters. The molecule has 11 rings (SSSR count). The predicted molar refractivity (Wildman–Crippen MR) is 248 cm³/mol. The van der Waals surface area contributed by atoms with Gasteiger partial charge in [0.1, 0.15) is 17.8 Å². The van der Waals surface area contributed by atoms with Crippen molar-refractivity contribution >= 4 is 46.7 Å². The molecular weight excluding hydrogens is 871 g/mol. The van der Waals surface area contributed by atoms with Crippen molar-refractivity contribution in [2.24, 2.45) is 10.8 Å². The number of benzene rings is 4. The molecular formula is C54H49NO13. The highest BCUT2D eigenvalue weighted by Gasteiger charge is 2.49. The Labute approximate surface area is 392 Å². The molecule has 7 aliphatic rings. The van der Waals surface area contributed by atoms with Crippen LogP contribution < -0.4 is 18.9 Å². The van der Waals surface area contributed by atoms with Crippen molar-refractivity contribution in [2.75, 3.05) is 27.7 Å². The lowest BCUT2D eigenvalue weighted by molar-refractivity contribution is -0.119. The molecule has 4 aliphatic carbocycles. The molecule has 348 valence electrons. The summed E-state index contributed by atoms with van der Waals surface area (Å²) in [5.41, 5.74) is 4.33. The van der Waals surface area contributed by atoms with E-state index >= 15 is 0 Å². The monoisotopic (exact) mass is 919 g/mol. The smallest absolute Gasteiger partial charge is 0.233 e. The second-order valence-corrected chi connectivity index (χ2v) is 18.9. The van der Waals surface area contributed by atoms with Gasteiger partial charge in [0.05, 0.1) is 5.57 Å². The van der Waals surface area contributed by atoms with E-state index in [1.165, 1.54) is 6.07 Å². The average molecular weight is 920 g/mol. The summed E-state index contributed by atoms with van der Waals surface area (Å²) in [7, 11) is 3.97. The number of nitrogens with zero attached hydrogens (tertiary/aromatic N) is 1. The van der Waals surface area contributed by atoms with E-state index in [0.29, 0.717) is 81.4 Å². The second kappa shape index (κ2) is 18.4. The van der Waals surface area contributed by atoms with E-state index in [1.54, 1.807) is 78.9 Å². The molecule has 0 fully saturated rings. The highest BCUT2D eigenvalue weighted by atomic mass is 16.7. The van der Waals surface area contributed by atoms with Gasteiger partial charge >= 0.3 is 0 Å². The lowest BCUT2D eigenvalue weighted by Crippen LogP contribution is -2.37. The number of aliphatic hydroxyl groups is 1. The number of fused-ring (bicyclic) bond motifs is 4. The van der Waals surface area contributed by atoms with E-state index in [4.69, 9.17) is 23.7 Å². The Bertz CT molecular complexity index is 2960. The van der Waals surface area contributed by atoms with Crippen LogP contribution in [0.15, 0.2) is 125 Å². The number of hydrogen-bond donors (Lipinski definition) is 1. The van der Waals surface area contributed by atoms with E-state index in [0.717, 1.165) is 24.5 Å². The highest BCUT2D eigenvalue weighted by molar-refractivity contribution is 6.50. The number of aldehydes is 1. The number of carbonyl (C=O) groups is 7. The zero-order valence-corrected chi connectivity index (χ0v) is 38.4. The predicted octanol–water partition coefficient (Wildman–Crippen LogP) is 8.91. The first-order valence-corrected chi connectivity index (χ1v) is 22.0. The first-order valence-electron chi connectivity index (χ1n) is 22.0. The van der Waals surface area contributed by atoms with Crippen LogP contribution in [-0.4, -0.2) is 78.7 Å². The normalized spacial score (nSPS) is 19.7. The maximum atomic E-state index is 13.6. The lowest BCUT2D eigenvalue weighted by atomic mass is 9.67. The van der Waals surface area contributed by atoms with E-state index in [2.05, 4.69) is 13.8 Å². The minimum absolute atomic E-state index is 0.0283. The van der Waals surface area contributed by atoms with Crippen LogP contribution in [0.5, 0.6) is 23.0 Å². The summed E-state index contributed by atoms with van der Waals surface area (Å²) in [6, 6.07) is 23.7. The topological polar surface area (TPSA) is 189 Å². The summed E-state index contributed by atoms with van der Waals surface area (Å²) in [5, 5.41) is 9.34. The Morgan fingerprint density at radius 1 is 0.603 bits per heavy atom. The van der Waals surface area contributed by atoms with Gasteiger partial charge in [-0.1, -0.05) is 82.3 Å². The maximum absolute atomic E-state index is 13.6. The Morgan fingerprint density at radius 3 is 1.78 bits per heavy atom. The second-order valence-electron chi connectivity index (χ2n) is 18.9. The summed E-state index contributed by atoms with van der Waals surface area (Å²) in [5.74, 6) is 0.527. The first-order chi connectivity index (χ1) is 32.3.